The van der Waals surface area contributed by atoms with E-state index >= 15 is 0 Å². The SMILES string of the molecule is C=C(CCC1(O)OC2CC3C4CCC5(O)CC(OC6OC(CO)C(O)C(O)C6O)CC(O)C5(C)C4CCC3(C)C2C1C)COC1OC(CO)C(O)C(O)C1O. The molecule has 0 amide bonds. The van der Waals surface area contributed by atoms with Crippen molar-refractivity contribution >= 4 is 0 Å². The summed E-state index contributed by atoms with van der Waals surface area (Å²) >= 11 is 0. The smallest absolute Gasteiger partial charge is 0.187 e. The molecule has 4 aliphatic carbocycles. The van der Waals surface area contributed by atoms with E-state index in [9.17, 15) is 56.2 Å². The molecule has 16 heteroatoms. The Bertz CT molecular complexity index is 1380. The Balaban J connectivity index is 0.968. The molecule has 22 atom stereocenters. The first-order valence-corrected chi connectivity index (χ1v) is 20.2. The fourth-order valence-corrected chi connectivity index (χ4v) is 12.6. The second-order valence-corrected chi connectivity index (χ2v) is 18.5. The maximum Gasteiger partial charge on any atom is 0.187 e. The van der Waals surface area contributed by atoms with Gasteiger partial charge in [-0.2, -0.15) is 0 Å². The third-order valence-electron chi connectivity index (χ3n) is 15.8. The van der Waals surface area contributed by atoms with Gasteiger partial charge in [0.1, 0.15) is 48.8 Å². The lowest BCUT2D eigenvalue weighted by molar-refractivity contribution is -0.330. The first-order valence-electron chi connectivity index (χ1n) is 20.2. The fraction of sp³-hybridized carbons (Fsp3) is 0.949. The van der Waals surface area contributed by atoms with Gasteiger partial charge in [-0.3, -0.25) is 0 Å². The van der Waals surface area contributed by atoms with Crippen LogP contribution in [-0.2, 0) is 23.7 Å². The van der Waals surface area contributed by atoms with Gasteiger partial charge in [-0.1, -0.05) is 32.9 Å². The summed E-state index contributed by atoms with van der Waals surface area (Å²) in [6, 6.07) is 0. The Kier molecular flexibility index (Phi) is 11.7. The molecule has 55 heavy (non-hydrogen) atoms. The van der Waals surface area contributed by atoms with Gasteiger partial charge < -0.3 is 79.9 Å². The van der Waals surface area contributed by atoms with E-state index in [1.165, 1.54) is 0 Å². The highest BCUT2D eigenvalue weighted by molar-refractivity contribution is 5.19. The second-order valence-electron chi connectivity index (χ2n) is 18.5. The molecule has 4 saturated carbocycles. The quantitative estimate of drug-likeness (QED) is 0.0880. The first-order chi connectivity index (χ1) is 25.8. The zero-order chi connectivity index (χ0) is 40.0. The molecule has 16 nitrogen and oxygen atoms in total. The molecule has 0 spiro atoms. The minimum Gasteiger partial charge on any atom is -0.394 e. The van der Waals surface area contributed by atoms with E-state index in [2.05, 4.69) is 13.5 Å². The molecule has 3 saturated heterocycles. The van der Waals surface area contributed by atoms with Crippen LogP contribution in [0.15, 0.2) is 12.2 Å². The van der Waals surface area contributed by atoms with E-state index in [1.807, 2.05) is 13.8 Å². The first kappa shape index (κ1) is 42.2. The molecule has 3 aliphatic heterocycles. The van der Waals surface area contributed by atoms with Gasteiger partial charge in [0.25, 0.3) is 0 Å². The highest BCUT2D eigenvalue weighted by Gasteiger charge is 2.71. The lowest BCUT2D eigenvalue weighted by atomic mass is 9.42. The molecule has 7 fully saturated rings. The van der Waals surface area contributed by atoms with Crippen molar-refractivity contribution in [3.63, 3.8) is 0 Å². The van der Waals surface area contributed by atoms with Gasteiger partial charge in [0.05, 0.1) is 43.7 Å². The molecular formula is C39H64O16. The normalized spacial score (nSPS) is 56.3. The summed E-state index contributed by atoms with van der Waals surface area (Å²) in [5.41, 5.74) is -1.64. The topological polar surface area (TPSA) is 269 Å². The average Bonchev–Trinajstić information content (AvgIpc) is 3.58. The number of fused-ring (bicyclic) bond motifs is 7. The van der Waals surface area contributed by atoms with Crippen LogP contribution in [0.1, 0.15) is 78.6 Å². The molecule has 11 N–H and O–H groups in total. The lowest BCUT2D eigenvalue weighted by Gasteiger charge is -2.65. The van der Waals surface area contributed by atoms with Crippen LogP contribution in [-0.4, -0.2) is 167 Å². The van der Waals surface area contributed by atoms with Crippen molar-refractivity contribution in [2.45, 2.75) is 170 Å². The van der Waals surface area contributed by atoms with Crippen molar-refractivity contribution in [3.8, 4) is 0 Å². The van der Waals surface area contributed by atoms with E-state index in [1.54, 1.807) is 0 Å². The van der Waals surface area contributed by atoms with Crippen molar-refractivity contribution in [2.24, 2.45) is 40.4 Å². The number of aliphatic hydroxyl groups excluding tert-OH is 9. The summed E-state index contributed by atoms with van der Waals surface area (Å²) < 4.78 is 29.3. The molecule has 0 aromatic heterocycles. The number of hydrogen-bond donors (Lipinski definition) is 11. The van der Waals surface area contributed by atoms with Gasteiger partial charge in [-0.05, 0) is 67.6 Å². The van der Waals surface area contributed by atoms with Crippen molar-refractivity contribution in [3.05, 3.63) is 12.2 Å². The van der Waals surface area contributed by atoms with Crippen LogP contribution in [0.5, 0.6) is 0 Å². The van der Waals surface area contributed by atoms with Crippen LogP contribution >= 0.6 is 0 Å². The third-order valence-corrected chi connectivity index (χ3v) is 15.8. The summed E-state index contributed by atoms with van der Waals surface area (Å²) in [7, 11) is 0. The van der Waals surface area contributed by atoms with Crippen molar-refractivity contribution in [1.29, 1.82) is 0 Å². The maximum atomic E-state index is 12.4. The fourth-order valence-electron chi connectivity index (χ4n) is 12.6. The Morgan fingerprint density at radius 1 is 0.782 bits per heavy atom. The van der Waals surface area contributed by atoms with Crippen LogP contribution in [0.2, 0.25) is 0 Å². The van der Waals surface area contributed by atoms with Crippen LogP contribution in [0.3, 0.4) is 0 Å². The molecule has 22 unspecified atom stereocenters. The number of aliphatic hydroxyl groups is 11. The molecular weight excluding hydrogens is 724 g/mol. The number of ether oxygens (including phenoxy) is 5. The van der Waals surface area contributed by atoms with E-state index in [-0.39, 0.29) is 67.0 Å². The lowest BCUT2D eigenvalue weighted by Crippen LogP contribution is -2.68. The van der Waals surface area contributed by atoms with E-state index in [0.29, 0.717) is 18.4 Å². The highest BCUT2D eigenvalue weighted by atomic mass is 16.7. The van der Waals surface area contributed by atoms with Gasteiger partial charge in [-0.15, -0.1) is 0 Å². The van der Waals surface area contributed by atoms with Gasteiger partial charge in [0.2, 0.25) is 0 Å². The molecule has 316 valence electrons. The maximum absolute atomic E-state index is 12.4. The summed E-state index contributed by atoms with van der Waals surface area (Å²) in [6.45, 7) is 9.22. The Morgan fingerprint density at radius 2 is 1.40 bits per heavy atom. The molecule has 7 aliphatic rings. The Labute approximate surface area is 321 Å². The monoisotopic (exact) mass is 788 g/mol. The van der Waals surface area contributed by atoms with E-state index in [0.717, 1.165) is 25.7 Å². The highest BCUT2D eigenvalue weighted by Crippen LogP contribution is 2.71. The Hall–Kier alpha value is -0.900. The van der Waals surface area contributed by atoms with Crippen LogP contribution < -0.4 is 0 Å². The summed E-state index contributed by atoms with van der Waals surface area (Å²) in [5.74, 6) is -1.02. The van der Waals surface area contributed by atoms with Gasteiger partial charge >= 0.3 is 0 Å². The number of hydrogen-bond acceptors (Lipinski definition) is 16. The molecule has 0 aromatic carbocycles. The van der Waals surface area contributed by atoms with E-state index in [4.69, 9.17) is 23.7 Å². The molecule has 3 heterocycles. The minimum absolute atomic E-state index is 0.0209. The number of rotatable bonds is 10. The van der Waals surface area contributed by atoms with Crippen molar-refractivity contribution < 1.29 is 79.9 Å². The van der Waals surface area contributed by atoms with Gasteiger partial charge in [0, 0.05) is 30.6 Å². The predicted octanol–water partition coefficient (Wildman–Crippen LogP) is -1.60. The van der Waals surface area contributed by atoms with Crippen molar-refractivity contribution in [2.75, 3.05) is 19.8 Å². The third kappa shape index (κ3) is 6.77. The van der Waals surface area contributed by atoms with Crippen molar-refractivity contribution in [1.82, 2.24) is 0 Å². The zero-order valence-corrected chi connectivity index (χ0v) is 32.0. The zero-order valence-electron chi connectivity index (χ0n) is 32.0. The molecule has 0 radical (unpaired) electrons. The van der Waals surface area contributed by atoms with Crippen LogP contribution in [0.4, 0.5) is 0 Å². The van der Waals surface area contributed by atoms with Gasteiger partial charge in [0.15, 0.2) is 18.4 Å². The van der Waals surface area contributed by atoms with Crippen LogP contribution in [0.25, 0.3) is 0 Å². The summed E-state index contributed by atoms with van der Waals surface area (Å²) in [6.07, 6.45) is -11.3. The van der Waals surface area contributed by atoms with Gasteiger partial charge in [-0.25, -0.2) is 0 Å². The predicted molar refractivity (Wildman–Crippen MR) is 189 cm³/mol. The standard InChI is InChI=1S/C39H64O16/c1-17(16-51-34-32(47)30(45)28(43)24(14-40)53-34)5-10-39(50)18(2)27-23(55-39)12-22-20-6-9-38(49)13-19(52-35-33(48)31(46)29(44)25(15-41)54-35)11-26(42)37(38,4)21(20)7-8-36(22,27)3/h18-35,40-50H,1,5-16H2,2-4H3. The molecule has 0 bridgehead atoms. The van der Waals surface area contributed by atoms with Crippen LogP contribution in [0, 0.1) is 40.4 Å². The second kappa shape index (κ2) is 15.3. The molecule has 0 aromatic rings. The Morgan fingerprint density at radius 3 is 2.04 bits per heavy atom. The average molecular weight is 789 g/mol. The van der Waals surface area contributed by atoms with E-state index < -0.39 is 104 Å². The molecule has 7 rings (SSSR count). The summed E-state index contributed by atoms with van der Waals surface area (Å²) in [5, 5.41) is 117. The summed E-state index contributed by atoms with van der Waals surface area (Å²) in [4.78, 5) is 0. The minimum atomic E-state index is -1.59. The largest absolute Gasteiger partial charge is 0.394 e.